The van der Waals surface area contributed by atoms with Crippen LogP contribution in [-0.2, 0) is 6.42 Å². The molecular weight excluding hydrogens is 486 g/mol. The lowest BCUT2D eigenvalue weighted by atomic mass is 9.94. The van der Waals surface area contributed by atoms with E-state index in [4.69, 9.17) is 14.5 Å². The molecule has 3 aromatic carbocycles. The van der Waals surface area contributed by atoms with Crippen LogP contribution < -0.4 is 0 Å². The van der Waals surface area contributed by atoms with E-state index >= 15 is 0 Å². The minimum atomic E-state index is -0.911. The Labute approximate surface area is 224 Å². The molecule has 0 radical (unpaired) electrons. The molecule has 1 N–H and O–H groups in total. The number of benzene rings is 3. The first-order valence-corrected chi connectivity index (χ1v) is 13.2. The van der Waals surface area contributed by atoms with Gasteiger partial charge in [-0.15, -0.1) is 0 Å². The molecule has 6 aromatic rings. The molecule has 0 saturated heterocycles. The van der Waals surface area contributed by atoms with Crippen molar-refractivity contribution in [1.29, 1.82) is 0 Å². The molecule has 3 heterocycles. The van der Waals surface area contributed by atoms with E-state index in [0.29, 0.717) is 28.6 Å². The highest BCUT2D eigenvalue weighted by molar-refractivity contribution is 6.06. The zero-order chi connectivity index (χ0) is 26.3. The lowest BCUT2D eigenvalue weighted by molar-refractivity contribution is 0.0697. The molecule has 6 heteroatoms. The van der Waals surface area contributed by atoms with E-state index in [1.165, 1.54) is 0 Å². The Bertz CT molecular complexity index is 1860. The summed E-state index contributed by atoms with van der Waals surface area (Å²) < 4.78 is 8.10. The first-order chi connectivity index (χ1) is 19.2. The van der Waals surface area contributed by atoms with E-state index in [2.05, 4.69) is 6.08 Å². The molecule has 0 atom stereocenters. The van der Waals surface area contributed by atoms with Crippen molar-refractivity contribution in [2.45, 2.75) is 25.7 Å². The Hall–Kier alpha value is -4.97. The standard InChI is InChI=1S/C33H25N3O3/c37-33(38)30-25-14-7-8-16-27(25)34-31-22(11-4-6-15-26(30)31)18-23-20-36(24-12-2-1-3-13-24)35-32(23)29-19-21-10-5-9-17-28(21)39-29/h1-3,5,7-10,12-14,16-20H,4,6,11,15H2,(H,37,38). The Morgan fingerprint density at radius 2 is 1.67 bits per heavy atom. The third-order valence-corrected chi connectivity index (χ3v) is 7.39. The van der Waals surface area contributed by atoms with Crippen molar-refractivity contribution in [3.8, 4) is 17.1 Å². The monoisotopic (exact) mass is 511 g/mol. The average molecular weight is 512 g/mol. The highest BCUT2D eigenvalue weighted by Crippen LogP contribution is 2.37. The third-order valence-electron chi connectivity index (χ3n) is 7.39. The van der Waals surface area contributed by atoms with Gasteiger partial charge in [0.1, 0.15) is 11.3 Å². The molecule has 0 amide bonds. The second kappa shape index (κ2) is 9.40. The number of allylic oxidation sites excluding steroid dienone is 1. The van der Waals surface area contributed by atoms with Crippen LogP contribution in [0.5, 0.6) is 0 Å². The van der Waals surface area contributed by atoms with Crippen LogP contribution in [0.3, 0.4) is 0 Å². The second-order valence-corrected chi connectivity index (χ2v) is 9.87. The number of fused-ring (bicyclic) bond motifs is 3. The van der Waals surface area contributed by atoms with E-state index in [-0.39, 0.29) is 0 Å². The molecule has 6 nitrogen and oxygen atoms in total. The number of aromatic nitrogens is 3. The lowest BCUT2D eigenvalue weighted by Gasteiger charge is -2.14. The fourth-order valence-corrected chi connectivity index (χ4v) is 5.56. The van der Waals surface area contributed by atoms with Gasteiger partial charge in [-0.25, -0.2) is 14.5 Å². The molecule has 0 saturated carbocycles. The van der Waals surface area contributed by atoms with E-state index < -0.39 is 5.97 Å². The van der Waals surface area contributed by atoms with E-state index in [1.807, 2.05) is 95.8 Å². The molecule has 3 aromatic heterocycles. The number of para-hydroxylation sites is 3. The number of nitrogens with zero attached hydrogens (tertiary/aromatic N) is 3. The zero-order valence-corrected chi connectivity index (χ0v) is 21.2. The maximum atomic E-state index is 12.5. The fourth-order valence-electron chi connectivity index (χ4n) is 5.56. The van der Waals surface area contributed by atoms with Gasteiger partial charge in [0.15, 0.2) is 5.76 Å². The Morgan fingerprint density at radius 3 is 2.51 bits per heavy atom. The van der Waals surface area contributed by atoms with E-state index in [0.717, 1.165) is 64.0 Å². The van der Waals surface area contributed by atoms with Gasteiger partial charge in [0.05, 0.1) is 22.5 Å². The fraction of sp³-hybridized carbons (Fsp3) is 0.121. The van der Waals surface area contributed by atoms with Crippen LogP contribution >= 0.6 is 0 Å². The van der Waals surface area contributed by atoms with Gasteiger partial charge in [0, 0.05) is 22.5 Å². The van der Waals surface area contributed by atoms with E-state index in [9.17, 15) is 9.90 Å². The number of carboxylic acid groups (broad SMARTS) is 1. The maximum Gasteiger partial charge on any atom is 0.336 e. The normalized spacial score (nSPS) is 14.5. The van der Waals surface area contributed by atoms with Gasteiger partial charge in [-0.05, 0) is 73.2 Å². The summed E-state index contributed by atoms with van der Waals surface area (Å²) in [7, 11) is 0. The molecule has 7 rings (SSSR count). The molecule has 0 bridgehead atoms. The molecular formula is C33H25N3O3. The minimum absolute atomic E-state index is 0.362. The Morgan fingerprint density at radius 1 is 0.897 bits per heavy atom. The predicted octanol–water partition coefficient (Wildman–Crippen LogP) is 7.80. The van der Waals surface area contributed by atoms with Crippen molar-refractivity contribution in [3.05, 3.63) is 114 Å². The summed E-state index contributed by atoms with van der Waals surface area (Å²) in [6.07, 6.45) is 7.47. The van der Waals surface area contributed by atoms with Crippen molar-refractivity contribution < 1.29 is 14.3 Å². The summed E-state index contributed by atoms with van der Waals surface area (Å²) in [5.74, 6) is -0.227. The number of hydrogen-bond donors (Lipinski definition) is 1. The zero-order valence-electron chi connectivity index (χ0n) is 21.2. The van der Waals surface area contributed by atoms with Gasteiger partial charge in [0.25, 0.3) is 0 Å². The molecule has 1 aliphatic carbocycles. The van der Waals surface area contributed by atoms with Crippen molar-refractivity contribution in [3.63, 3.8) is 0 Å². The van der Waals surface area contributed by atoms with Crippen LogP contribution in [0.25, 0.3) is 50.7 Å². The first-order valence-electron chi connectivity index (χ1n) is 13.2. The van der Waals surface area contributed by atoms with Crippen molar-refractivity contribution in [1.82, 2.24) is 14.8 Å². The van der Waals surface area contributed by atoms with Crippen LogP contribution in [0, 0.1) is 0 Å². The first kappa shape index (κ1) is 23.2. The van der Waals surface area contributed by atoms with Crippen molar-refractivity contribution in [2.75, 3.05) is 0 Å². The van der Waals surface area contributed by atoms with E-state index in [1.54, 1.807) is 0 Å². The average Bonchev–Trinajstić information content (AvgIpc) is 3.53. The largest absolute Gasteiger partial charge is 0.478 e. The topological polar surface area (TPSA) is 81.1 Å². The highest BCUT2D eigenvalue weighted by Gasteiger charge is 2.25. The van der Waals surface area contributed by atoms with Crippen LogP contribution in [0.2, 0.25) is 0 Å². The van der Waals surface area contributed by atoms with Gasteiger partial charge < -0.3 is 9.52 Å². The predicted molar refractivity (Wildman–Crippen MR) is 153 cm³/mol. The Balaban J connectivity index is 1.46. The van der Waals surface area contributed by atoms with Crippen LogP contribution in [0.1, 0.15) is 46.4 Å². The number of aromatic carboxylic acids is 1. The van der Waals surface area contributed by atoms with Crippen LogP contribution in [-0.4, -0.2) is 25.8 Å². The summed E-state index contributed by atoms with van der Waals surface area (Å²) in [6, 6.07) is 27.4. The van der Waals surface area contributed by atoms with Crippen LogP contribution in [0.4, 0.5) is 0 Å². The van der Waals surface area contributed by atoms with Crippen molar-refractivity contribution in [2.24, 2.45) is 0 Å². The maximum absolute atomic E-state index is 12.5. The SMILES string of the molecule is O=C(O)c1c2c(nc3ccccc13)C(=Cc1cn(-c3ccccc3)nc1-c1cc3ccccc3o1)CCCC2. The smallest absolute Gasteiger partial charge is 0.336 e. The summed E-state index contributed by atoms with van der Waals surface area (Å²) >= 11 is 0. The number of hydrogen-bond acceptors (Lipinski definition) is 4. The van der Waals surface area contributed by atoms with Gasteiger partial charge in [0.2, 0.25) is 0 Å². The van der Waals surface area contributed by atoms with Crippen LogP contribution in [0.15, 0.2) is 95.5 Å². The molecule has 0 fully saturated rings. The molecule has 1 aliphatic rings. The quantitative estimate of drug-likeness (QED) is 0.244. The van der Waals surface area contributed by atoms with Gasteiger partial charge in [-0.3, -0.25) is 0 Å². The molecule has 0 unspecified atom stereocenters. The van der Waals surface area contributed by atoms with Crippen molar-refractivity contribution >= 4 is 39.5 Å². The summed E-state index contributed by atoms with van der Waals surface area (Å²) in [5, 5.41) is 16.9. The Kier molecular flexibility index (Phi) is 5.59. The highest BCUT2D eigenvalue weighted by atomic mass is 16.4. The summed E-state index contributed by atoms with van der Waals surface area (Å²) in [6.45, 7) is 0. The number of rotatable bonds is 4. The second-order valence-electron chi connectivity index (χ2n) is 9.87. The third kappa shape index (κ3) is 4.10. The molecule has 190 valence electrons. The molecule has 0 aliphatic heterocycles. The van der Waals surface area contributed by atoms with Gasteiger partial charge in [-0.2, -0.15) is 5.10 Å². The molecule has 39 heavy (non-hydrogen) atoms. The summed E-state index contributed by atoms with van der Waals surface area (Å²) in [4.78, 5) is 17.5. The summed E-state index contributed by atoms with van der Waals surface area (Å²) in [5.41, 5.74) is 7.02. The van der Waals surface area contributed by atoms with Gasteiger partial charge in [-0.1, -0.05) is 54.6 Å². The number of pyridine rings is 1. The number of furan rings is 1. The number of carbonyl (C=O) groups is 1. The number of carboxylic acids is 1. The molecule has 0 spiro atoms. The van der Waals surface area contributed by atoms with Gasteiger partial charge >= 0.3 is 5.97 Å². The minimum Gasteiger partial charge on any atom is -0.478 e. The lowest BCUT2D eigenvalue weighted by Crippen LogP contribution is -2.08.